The molecule has 5 rings (SSSR count). The molecule has 0 amide bonds. The van der Waals surface area contributed by atoms with Gasteiger partial charge in [0, 0.05) is 50.0 Å². The molecule has 0 spiro atoms. The van der Waals surface area contributed by atoms with Crippen LogP contribution in [0.2, 0.25) is 0 Å². The maximum Gasteiger partial charge on any atom is 0.158 e. The summed E-state index contributed by atoms with van der Waals surface area (Å²) in [5.41, 5.74) is 6.50. The van der Waals surface area contributed by atoms with E-state index in [0.717, 1.165) is 39.5 Å². The lowest BCUT2D eigenvalue weighted by atomic mass is 10.2. The molecule has 0 radical (unpaired) electrons. The van der Waals surface area contributed by atoms with Crippen molar-refractivity contribution in [3.05, 3.63) is 78.3 Å². The Morgan fingerprint density at radius 2 is 1.79 bits per heavy atom. The van der Waals surface area contributed by atoms with Gasteiger partial charge in [0.05, 0.1) is 23.2 Å². The minimum Gasteiger partial charge on any atom is -0.378 e. The largest absolute Gasteiger partial charge is 0.378 e. The van der Waals surface area contributed by atoms with E-state index in [-0.39, 0.29) is 5.82 Å². The second kappa shape index (κ2) is 8.30. The van der Waals surface area contributed by atoms with Gasteiger partial charge in [-0.15, -0.1) is 0 Å². The van der Waals surface area contributed by atoms with E-state index >= 15 is 0 Å². The lowest BCUT2D eigenvalue weighted by molar-refractivity contribution is 0.618. The molecule has 2 aromatic carbocycles. The van der Waals surface area contributed by atoms with Gasteiger partial charge < -0.3 is 19.4 Å². The molecule has 0 aliphatic heterocycles. The van der Waals surface area contributed by atoms with Gasteiger partial charge in [-0.05, 0) is 50.2 Å². The van der Waals surface area contributed by atoms with E-state index in [1.54, 1.807) is 23.2 Å². The molecule has 8 heteroatoms. The Bertz CT molecular complexity index is 1510. The van der Waals surface area contributed by atoms with Gasteiger partial charge in [0.1, 0.15) is 17.2 Å². The summed E-state index contributed by atoms with van der Waals surface area (Å²) >= 11 is 0. The molecule has 0 aliphatic carbocycles. The number of fused-ring (bicyclic) bond motifs is 1. The van der Waals surface area contributed by atoms with Gasteiger partial charge in [-0.1, -0.05) is 12.1 Å². The summed E-state index contributed by atoms with van der Waals surface area (Å²) in [7, 11) is 6.03. The van der Waals surface area contributed by atoms with Crippen molar-refractivity contribution in [2.75, 3.05) is 24.3 Å². The predicted molar refractivity (Wildman–Crippen MR) is 135 cm³/mol. The minimum absolute atomic E-state index is 0.353. The molecule has 0 atom stereocenters. The zero-order valence-electron chi connectivity index (χ0n) is 19.8. The SMILES string of the molecule is Cc1cn(-c2ccc(Nc3nc(C)cc4c3nc(-c3cccc(N(C)C)c3)n4C)cc2F)cn1. The van der Waals surface area contributed by atoms with Crippen molar-refractivity contribution in [1.82, 2.24) is 24.1 Å². The van der Waals surface area contributed by atoms with Crippen LogP contribution in [0.4, 0.5) is 21.6 Å². The smallest absolute Gasteiger partial charge is 0.158 e. The third kappa shape index (κ3) is 3.87. The molecule has 3 aromatic heterocycles. The molecule has 5 aromatic rings. The normalized spacial score (nSPS) is 11.2. The molecule has 3 heterocycles. The van der Waals surface area contributed by atoms with E-state index in [9.17, 15) is 4.39 Å². The number of hydrogen-bond acceptors (Lipinski definition) is 5. The van der Waals surface area contributed by atoms with E-state index in [1.807, 2.05) is 59.3 Å². The highest BCUT2D eigenvalue weighted by Crippen LogP contribution is 2.31. The Kier molecular flexibility index (Phi) is 5.28. The Balaban J connectivity index is 1.55. The van der Waals surface area contributed by atoms with Crippen LogP contribution in [0.25, 0.3) is 28.1 Å². The fourth-order valence-corrected chi connectivity index (χ4v) is 4.06. The summed E-state index contributed by atoms with van der Waals surface area (Å²) in [4.78, 5) is 15.8. The van der Waals surface area contributed by atoms with Crippen LogP contribution in [0.15, 0.2) is 61.1 Å². The predicted octanol–water partition coefficient (Wildman–Crippen LogP) is 5.39. The number of aromatic nitrogens is 5. The van der Waals surface area contributed by atoms with E-state index < -0.39 is 0 Å². The monoisotopic (exact) mass is 455 g/mol. The molecule has 0 unspecified atom stereocenters. The maximum absolute atomic E-state index is 14.9. The van der Waals surface area contributed by atoms with Crippen LogP contribution < -0.4 is 10.2 Å². The van der Waals surface area contributed by atoms with Crippen LogP contribution in [0.5, 0.6) is 0 Å². The number of aryl methyl sites for hydroxylation is 3. The van der Waals surface area contributed by atoms with Gasteiger partial charge in [-0.25, -0.2) is 19.3 Å². The zero-order valence-corrected chi connectivity index (χ0v) is 19.8. The summed E-state index contributed by atoms with van der Waals surface area (Å²) in [6.45, 7) is 3.81. The van der Waals surface area contributed by atoms with Crippen LogP contribution in [-0.4, -0.2) is 38.2 Å². The lowest BCUT2D eigenvalue weighted by Gasteiger charge is -2.13. The average molecular weight is 456 g/mol. The number of benzene rings is 2. The second-order valence-electron chi connectivity index (χ2n) is 8.63. The van der Waals surface area contributed by atoms with Crippen molar-refractivity contribution in [1.29, 1.82) is 0 Å². The number of anilines is 3. The van der Waals surface area contributed by atoms with Crippen LogP contribution >= 0.6 is 0 Å². The Morgan fingerprint density at radius 1 is 0.971 bits per heavy atom. The van der Waals surface area contributed by atoms with Gasteiger partial charge >= 0.3 is 0 Å². The third-order valence-corrected chi connectivity index (χ3v) is 5.82. The van der Waals surface area contributed by atoms with Crippen LogP contribution in [0.3, 0.4) is 0 Å². The molecule has 0 saturated heterocycles. The van der Waals surface area contributed by atoms with Crippen molar-refractivity contribution >= 4 is 28.2 Å². The highest BCUT2D eigenvalue weighted by Gasteiger charge is 2.16. The molecule has 34 heavy (non-hydrogen) atoms. The molecule has 1 N–H and O–H groups in total. The average Bonchev–Trinajstić information content (AvgIpc) is 3.37. The maximum atomic E-state index is 14.9. The third-order valence-electron chi connectivity index (χ3n) is 5.82. The van der Waals surface area contributed by atoms with Gasteiger partial charge in [0.25, 0.3) is 0 Å². The summed E-state index contributed by atoms with van der Waals surface area (Å²) in [5, 5.41) is 3.27. The minimum atomic E-state index is -0.353. The first-order valence-corrected chi connectivity index (χ1v) is 11.0. The van der Waals surface area contributed by atoms with Gasteiger partial charge in [-0.2, -0.15) is 0 Å². The Hall–Kier alpha value is -4.20. The van der Waals surface area contributed by atoms with E-state index in [2.05, 4.69) is 36.9 Å². The van der Waals surface area contributed by atoms with Gasteiger partial charge in [0.2, 0.25) is 0 Å². The highest BCUT2D eigenvalue weighted by atomic mass is 19.1. The van der Waals surface area contributed by atoms with Crippen molar-refractivity contribution in [3.63, 3.8) is 0 Å². The fourth-order valence-electron chi connectivity index (χ4n) is 4.06. The number of imidazole rings is 2. The van der Waals surface area contributed by atoms with Gasteiger partial charge in [0.15, 0.2) is 5.82 Å². The number of pyridine rings is 1. The molecular weight excluding hydrogens is 429 g/mol. The van der Waals surface area contributed by atoms with Crippen molar-refractivity contribution < 1.29 is 4.39 Å². The molecular formula is C26H26FN7. The van der Waals surface area contributed by atoms with Crippen LogP contribution in [0.1, 0.15) is 11.4 Å². The topological polar surface area (TPSA) is 63.8 Å². The second-order valence-corrected chi connectivity index (χ2v) is 8.63. The number of hydrogen-bond donors (Lipinski definition) is 1. The lowest BCUT2D eigenvalue weighted by Crippen LogP contribution is -2.08. The van der Waals surface area contributed by atoms with Crippen molar-refractivity contribution in [2.45, 2.75) is 13.8 Å². The molecule has 0 saturated carbocycles. The zero-order chi connectivity index (χ0) is 24.0. The molecule has 172 valence electrons. The van der Waals surface area contributed by atoms with E-state index in [4.69, 9.17) is 4.98 Å². The van der Waals surface area contributed by atoms with E-state index in [1.165, 1.54) is 6.07 Å². The Labute approximate surface area is 197 Å². The fraction of sp³-hybridized carbons (Fsp3) is 0.192. The number of rotatable bonds is 5. The first kappa shape index (κ1) is 21.6. The first-order chi connectivity index (χ1) is 16.3. The quantitative estimate of drug-likeness (QED) is 0.385. The number of halogens is 1. The summed E-state index contributed by atoms with van der Waals surface area (Å²) in [6, 6.07) is 15.3. The number of nitrogens with zero attached hydrogens (tertiary/aromatic N) is 6. The summed E-state index contributed by atoms with van der Waals surface area (Å²) in [5.74, 6) is 1.07. The van der Waals surface area contributed by atoms with Gasteiger partial charge in [-0.3, -0.25) is 0 Å². The summed E-state index contributed by atoms with van der Waals surface area (Å²) in [6.07, 6.45) is 3.39. The van der Waals surface area contributed by atoms with E-state index in [0.29, 0.717) is 17.2 Å². The molecule has 0 bridgehead atoms. The molecule has 7 nitrogen and oxygen atoms in total. The molecule has 0 aliphatic rings. The standard InChI is InChI=1S/C26H26FN7/c1-16-11-23-24(31-26(33(23)5)18-7-6-8-20(12-18)32(3)4)25(29-16)30-19-9-10-22(21(27)13-19)34-14-17(2)28-15-34/h6-15H,1-5H3,(H,29,30). The number of nitrogens with one attached hydrogen (secondary N) is 1. The Morgan fingerprint density at radius 3 is 2.50 bits per heavy atom. The van der Waals surface area contributed by atoms with Crippen molar-refractivity contribution in [3.8, 4) is 17.1 Å². The van der Waals surface area contributed by atoms with Crippen molar-refractivity contribution in [2.24, 2.45) is 7.05 Å². The summed E-state index contributed by atoms with van der Waals surface area (Å²) < 4.78 is 18.6. The van der Waals surface area contributed by atoms with Crippen LogP contribution in [-0.2, 0) is 7.05 Å². The molecule has 0 fully saturated rings. The van der Waals surface area contributed by atoms with Crippen LogP contribution in [0, 0.1) is 19.7 Å². The first-order valence-electron chi connectivity index (χ1n) is 11.0. The highest BCUT2D eigenvalue weighted by molar-refractivity contribution is 5.91.